The monoisotopic (exact) mass is 220 g/mol. The van der Waals surface area contributed by atoms with Crippen LogP contribution >= 0.6 is 0 Å². The molecule has 0 unspecified atom stereocenters. The van der Waals surface area contributed by atoms with Gasteiger partial charge in [0.15, 0.2) is 0 Å². The fraction of sp³-hybridized carbons (Fsp3) is 0.667. The van der Waals surface area contributed by atoms with E-state index in [0.717, 1.165) is 24.1 Å². The molecule has 1 aromatic heterocycles. The van der Waals surface area contributed by atoms with E-state index >= 15 is 0 Å². The van der Waals surface area contributed by atoms with Crippen LogP contribution in [0.25, 0.3) is 0 Å². The quantitative estimate of drug-likeness (QED) is 0.818. The van der Waals surface area contributed by atoms with E-state index in [1.165, 1.54) is 32.1 Å². The van der Waals surface area contributed by atoms with Crippen molar-refractivity contribution in [3.05, 3.63) is 12.4 Å². The third-order valence-electron chi connectivity index (χ3n) is 3.21. The van der Waals surface area contributed by atoms with Crippen LogP contribution in [-0.2, 0) is 0 Å². The summed E-state index contributed by atoms with van der Waals surface area (Å²) in [5, 5.41) is 6.32. The Morgan fingerprint density at radius 3 is 2.50 bits per heavy atom. The Hall–Kier alpha value is -1.32. The lowest BCUT2D eigenvalue weighted by Gasteiger charge is -2.21. The molecule has 0 radical (unpaired) electrons. The first kappa shape index (κ1) is 11.2. The van der Waals surface area contributed by atoms with E-state index in [1.807, 2.05) is 7.05 Å². The average Bonchev–Trinajstić information content (AvgIpc) is 2.38. The normalized spacial score (nSPS) is 17.1. The standard InChI is InChI=1S/C12H20N4/c1-13-11-8-15-12(16-9-11)14-7-10-5-3-2-4-6-10/h8-10,13H,2-7H2,1H3,(H,14,15,16). The average molecular weight is 220 g/mol. The molecular formula is C12H20N4. The molecule has 2 N–H and O–H groups in total. The Kier molecular flexibility index (Phi) is 3.97. The van der Waals surface area contributed by atoms with Crippen molar-refractivity contribution in [1.82, 2.24) is 9.97 Å². The Morgan fingerprint density at radius 2 is 1.88 bits per heavy atom. The van der Waals surface area contributed by atoms with E-state index in [9.17, 15) is 0 Å². The molecule has 4 nitrogen and oxygen atoms in total. The SMILES string of the molecule is CNc1cnc(NCC2CCCCC2)nc1. The molecule has 88 valence electrons. The van der Waals surface area contributed by atoms with Crippen molar-refractivity contribution < 1.29 is 0 Å². The van der Waals surface area contributed by atoms with Crippen LogP contribution in [0.2, 0.25) is 0 Å². The minimum absolute atomic E-state index is 0.740. The molecule has 1 aliphatic rings. The maximum Gasteiger partial charge on any atom is 0.222 e. The van der Waals surface area contributed by atoms with Crippen LogP contribution in [0, 0.1) is 5.92 Å². The molecular weight excluding hydrogens is 200 g/mol. The fourth-order valence-corrected chi connectivity index (χ4v) is 2.18. The van der Waals surface area contributed by atoms with Gasteiger partial charge in [-0.3, -0.25) is 0 Å². The van der Waals surface area contributed by atoms with E-state index in [-0.39, 0.29) is 0 Å². The van der Waals surface area contributed by atoms with Crippen LogP contribution < -0.4 is 10.6 Å². The zero-order chi connectivity index (χ0) is 11.2. The highest BCUT2D eigenvalue weighted by Crippen LogP contribution is 2.23. The third-order valence-corrected chi connectivity index (χ3v) is 3.21. The molecule has 1 aliphatic carbocycles. The highest BCUT2D eigenvalue weighted by Gasteiger charge is 2.13. The first-order valence-corrected chi connectivity index (χ1v) is 6.12. The fourth-order valence-electron chi connectivity index (χ4n) is 2.18. The number of hydrogen-bond donors (Lipinski definition) is 2. The number of anilines is 2. The summed E-state index contributed by atoms with van der Waals surface area (Å²) in [5.41, 5.74) is 0.947. The van der Waals surface area contributed by atoms with Crippen molar-refractivity contribution in [2.75, 3.05) is 24.2 Å². The molecule has 0 atom stereocenters. The maximum absolute atomic E-state index is 4.25. The van der Waals surface area contributed by atoms with Gasteiger partial charge in [0.1, 0.15) is 0 Å². The highest BCUT2D eigenvalue weighted by molar-refractivity contribution is 5.40. The van der Waals surface area contributed by atoms with Crippen LogP contribution in [0.5, 0.6) is 0 Å². The van der Waals surface area contributed by atoms with Gasteiger partial charge in [0, 0.05) is 13.6 Å². The van der Waals surface area contributed by atoms with E-state index < -0.39 is 0 Å². The number of nitrogens with zero attached hydrogens (tertiary/aromatic N) is 2. The minimum atomic E-state index is 0.740. The molecule has 0 aliphatic heterocycles. The number of rotatable bonds is 4. The zero-order valence-electron chi connectivity index (χ0n) is 9.87. The smallest absolute Gasteiger partial charge is 0.222 e. The van der Waals surface area contributed by atoms with Gasteiger partial charge in [-0.1, -0.05) is 19.3 Å². The summed E-state index contributed by atoms with van der Waals surface area (Å²) < 4.78 is 0. The second-order valence-electron chi connectivity index (χ2n) is 4.43. The van der Waals surface area contributed by atoms with E-state index in [0.29, 0.717) is 0 Å². The first-order valence-electron chi connectivity index (χ1n) is 6.12. The van der Waals surface area contributed by atoms with Crippen molar-refractivity contribution in [1.29, 1.82) is 0 Å². The van der Waals surface area contributed by atoms with Crippen molar-refractivity contribution in [2.24, 2.45) is 5.92 Å². The summed E-state index contributed by atoms with van der Waals surface area (Å²) in [4.78, 5) is 8.50. The number of aromatic nitrogens is 2. The van der Waals surface area contributed by atoms with Crippen LogP contribution in [0.4, 0.5) is 11.6 Å². The molecule has 4 heteroatoms. The Bertz CT molecular complexity index is 303. The summed E-state index contributed by atoms with van der Waals surface area (Å²) in [6, 6.07) is 0. The lowest BCUT2D eigenvalue weighted by atomic mass is 9.89. The topological polar surface area (TPSA) is 49.8 Å². The van der Waals surface area contributed by atoms with Crippen molar-refractivity contribution in [3.8, 4) is 0 Å². The zero-order valence-corrected chi connectivity index (χ0v) is 9.87. The predicted molar refractivity (Wildman–Crippen MR) is 66.6 cm³/mol. The van der Waals surface area contributed by atoms with Crippen LogP contribution in [-0.4, -0.2) is 23.6 Å². The van der Waals surface area contributed by atoms with Gasteiger partial charge in [-0.2, -0.15) is 0 Å². The molecule has 0 amide bonds. The molecule has 0 spiro atoms. The van der Waals surface area contributed by atoms with Crippen LogP contribution in [0.3, 0.4) is 0 Å². The number of nitrogens with one attached hydrogen (secondary N) is 2. The molecule has 1 aromatic rings. The molecule has 1 fully saturated rings. The van der Waals surface area contributed by atoms with Crippen LogP contribution in [0.15, 0.2) is 12.4 Å². The molecule has 1 saturated carbocycles. The maximum atomic E-state index is 4.25. The van der Waals surface area contributed by atoms with Gasteiger partial charge in [0.25, 0.3) is 0 Å². The van der Waals surface area contributed by atoms with Gasteiger partial charge in [0.2, 0.25) is 5.95 Å². The lowest BCUT2D eigenvalue weighted by molar-refractivity contribution is 0.373. The largest absolute Gasteiger partial charge is 0.386 e. The second-order valence-corrected chi connectivity index (χ2v) is 4.43. The minimum Gasteiger partial charge on any atom is -0.386 e. The summed E-state index contributed by atoms with van der Waals surface area (Å²) in [7, 11) is 1.87. The highest BCUT2D eigenvalue weighted by atomic mass is 15.1. The second kappa shape index (κ2) is 5.68. The van der Waals surface area contributed by atoms with Gasteiger partial charge < -0.3 is 10.6 Å². The molecule has 0 saturated heterocycles. The van der Waals surface area contributed by atoms with E-state index in [1.54, 1.807) is 12.4 Å². The van der Waals surface area contributed by atoms with Crippen LogP contribution in [0.1, 0.15) is 32.1 Å². The molecule has 16 heavy (non-hydrogen) atoms. The van der Waals surface area contributed by atoms with Gasteiger partial charge in [-0.25, -0.2) is 9.97 Å². The summed E-state index contributed by atoms with van der Waals surface area (Å²) >= 11 is 0. The lowest BCUT2D eigenvalue weighted by Crippen LogP contribution is -2.18. The molecule has 0 aromatic carbocycles. The third kappa shape index (κ3) is 3.08. The van der Waals surface area contributed by atoms with E-state index in [4.69, 9.17) is 0 Å². The van der Waals surface area contributed by atoms with E-state index in [2.05, 4.69) is 20.6 Å². The Balaban J connectivity index is 1.79. The Morgan fingerprint density at radius 1 is 1.19 bits per heavy atom. The van der Waals surface area contributed by atoms with Crippen molar-refractivity contribution in [3.63, 3.8) is 0 Å². The number of hydrogen-bond acceptors (Lipinski definition) is 4. The predicted octanol–water partition coefficient (Wildman–Crippen LogP) is 2.51. The summed E-state index contributed by atoms with van der Waals surface area (Å²) in [6.45, 7) is 1.01. The molecule has 2 rings (SSSR count). The molecule has 1 heterocycles. The van der Waals surface area contributed by atoms with Gasteiger partial charge >= 0.3 is 0 Å². The van der Waals surface area contributed by atoms with Gasteiger partial charge in [-0.05, 0) is 18.8 Å². The first-order chi connectivity index (χ1) is 7.88. The summed E-state index contributed by atoms with van der Waals surface area (Å²) in [6.07, 6.45) is 10.5. The van der Waals surface area contributed by atoms with Gasteiger partial charge in [-0.15, -0.1) is 0 Å². The van der Waals surface area contributed by atoms with Gasteiger partial charge in [0.05, 0.1) is 18.1 Å². The Labute approximate surface area is 96.9 Å². The van der Waals surface area contributed by atoms with Crippen molar-refractivity contribution >= 4 is 11.6 Å². The summed E-state index contributed by atoms with van der Waals surface area (Å²) in [5.74, 6) is 1.55. The van der Waals surface area contributed by atoms with Crippen molar-refractivity contribution in [2.45, 2.75) is 32.1 Å². The molecule has 0 bridgehead atoms.